The molecule has 0 saturated heterocycles. The molecule has 1 heterocycles. The molecule has 0 aliphatic heterocycles. The van der Waals surface area contributed by atoms with Crippen LogP contribution in [0.1, 0.15) is 30.3 Å². The van der Waals surface area contributed by atoms with Crippen molar-refractivity contribution in [2.45, 2.75) is 26.4 Å². The monoisotopic (exact) mass is 643 g/mol. The van der Waals surface area contributed by atoms with E-state index in [-0.39, 0.29) is 34.9 Å². The van der Waals surface area contributed by atoms with E-state index in [1.807, 2.05) is 6.92 Å². The van der Waals surface area contributed by atoms with Crippen LogP contribution in [-0.2, 0) is 13.0 Å². The molecule has 0 aliphatic rings. The predicted molar refractivity (Wildman–Crippen MR) is 149 cm³/mol. The first-order valence-corrected chi connectivity index (χ1v) is 12.9. The van der Waals surface area contributed by atoms with Crippen molar-refractivity contribution >= 4 is 60.4 Å². The van der Waals surface area contributed by atoms with Gasteiger partial charge in [0.1, 0.15) is 12.4 Å². The lowest BCUT2D eigenvalue weighted by molar-refractivity contribution is -0.386. The van der Waals surface area contributed by atoms with Crippen LogP contribution in [0.5, 0.6) is 5.75 Å². The van der Waals surface area contributed by atoms with Gasteiger partial charge in [0.2, 0.25) is 5.75 Å². The molecule has 0 atom stereocenters. The van der Waals surface area contributed by atoms with Gasteiger partial charge in [-0.05, 0) is 48.4 Å². The summed E-state index contributed by atoms with van der Waals surface area (Å²) in [6.45, 7) is 1.86. The molecular weight excluding hydrogens is 626 g/mol. The number of halogens is 2. The van der Waals surface area contributed by atoms with E-state index in [1.165, 1.54) is 41.2 Å². The van der Waals surface area contributed by atoms with Gasteiger partial charge in [0.05, 0.1) is 27.0 Å². The number of benzene rings is 3. The fourth-order valence-electron chi connectivity index (χ4n) is 3.68. The normalized spacial score (nSPS) is 11.2. The van der Waals surface area contributed by atoms with Gasteiger partial charge in [-0.3, -0.25) is 25.0 Å². The molecule has 13 heteroatoms. The Morgan fingerprint density at radius 1 is 1.03 bits per heavy atom. The maximum atomic E-state index is 13.3. The van der Waals surface area contributed by atoms with E-state index in [0.717, 1.165) is 6.42 Å². The molecule has 0 unspecified atom stereocenters. The summed E-state index contributed by atoms with van der Waals surface area (Å²) >= 11 is 6.65. The molecule has 4 aromatic rings. The highest BCUT2D eigenvalue weighted by atomic mass is 79.9. The fraction of sp³-hybridized carbons (Fsp3) is 0.160. The van der Waals surface area contributed by atoms with Gasteiger partial charge in [-0.25, -0.2) is 4.98 Å². The zero-order valence-electron chi connectivity index (χ0n) is 19.8. The zero-order chi connectivity index (χ0) is 27.4. The highest BCUT2D eigenvalue weighted by Gasteiger charge is 2.21. The number of ether oxygens (including phenoxy) is 1. The van der Waals surface area contributed by atoms with Gasteiger partial charge >= 0.3 is 5.69 Å². The molecule has 0 bridgehead atoms. The number of fused-ring (bicyclic) bond motifs is 1. The Kier molecular flexibility index (Phi) is 8.27. The highest BCUT2D eigenvalue weighted by molar-refractivity contribution is 9.10. The standard InChI is InChI=1S/C25H19Br2N5O6/c1-2-3-23-29-21-9-6-17(26)11-20(21)25(33)30(23)28-13-16-10-18(27)12-22(32(36)37)24(16)38-14-15-4-7-19(8-5-15)31(34)35/h4-13H,2-3,14H2,1H3. The molecule has 0 fully saturated rings. The molecule has 4 rings (SSSR count). The molecule has 1 aromatic heterocycles. The molecule has 0 spiro atoms. The first-order valence-electron chi connectivity index (χ1n) is 11.3. The molecule has 0 radical (unpaired) electrons. The number of nitrogens with zero attached hydrogens (tertiary/aromatic N) is 5. The minimum absolute atomic E-state index is 0.0677. The SMILES string of the molecule is CCCc1nc2ccc(Br)cc2c(=O)n1N=Cc1cc(Br)cc([N+](=O)[O-])c1OCc1ccc([N+](=O)[O-])cc1. The highest BCUT2D eigenvalue weighted by Crippen LogP contribution is 2.34. The van der Waals surface area contributed by atoms with E-state index in [9.17, 15) is 25.0 Å². The summed E-state index contributed by atoms with van der Waals surface area (Å²) in [5.74, 6) is 0.378. The van der Waals surface area contributed by atoms with Crippen LogP contribution < -0.4 is 10.3 Å². The average molecular weight is 645 g/mol. The Bertz CT molecular complexity index is 1640. The molecule has 194 valence electrons. The number of nitro benzene ring substituents is 2. The summed E-state index contributed by atoms with van der Waals surface area (Å²) in [6, 6.07) is 13.7. The van der Waals surface area contributed by atoms with Gasteiger partial charge in [-0.1, -0.05) is 38.8 Å². The van der Waals surface area contributed by atoms with Gasteiger partial charge in [-0.15, -0.1) is 0 Å². The average Bonchev–Trinajstić information content (AvgIpc) is 2.88. The lowest BCUT2D eigenvalue weighted by atomic mass is 10.1. The molecular formula is C25H19Br2N5O6. The van der Waals surface area contributed by atoms with E-state index in [2.05, 4.69) is 41.9 Å². The van der Waals surface area contributed by atoms with Crippen LogP contribution in [0.25, 0.3) is 10.9 Å². The van der Waals surface area contributed by atoms with Crippen molar-refractivity contribution in [2.24, 2.45) is 5.10 Å². The zero-order valence-corrected chi connectivity index (χ0v) is 23.0. The molecule has 3 aromatic carbocycles. The van der Waals surface area contributed by atoms with Crippen LogP contribution in [0, 0.1) is 20.2 Å². The van der Waals surface area contributed by atoms with Crippen molar-refractivity contribution in [1.29, 1.82) is 0 Å². The number of hydrogen-bond donors (Lipinski definition) is 0. The molecule has 38 heavy (non-hydrogen) atoms. The van der Waals surface area contributed by atoms with Crippen molar-refractivity contribution in [3.05, 3.63) is 111 Å². The Morgan fingerprint density at radius 3 is 2.42 bits per heavy atom. The van der Waals surface area contributed by atoms with E-state index >= 15 is 0 Å². The smallest absolute Gasteiger partial charge is 0.312 e. The van der Waals surface area contributed by atoms with Crippen molar-refractivity contribution in [2.75, 3.05) is 0 Å². The van der Waals surface area contributed by atoms with Crippen LogP contribution in [0.4, 0.5) is 11.4 Å². The third kappa shape index (κ3) is 5.94. The lowest BCUT2D eigenvalue weighted by Gasteiger charge is -2.11. The first kappa shape index (κ1) is 27.1. The molecule has 0 amide bonds. The number of non-ortho nitro benzene ring substituents is 1. The number of nitro groups is 2. The summed E-state index contributed by atoms with van der Waals surface area (Å²) < 4.78 is 8.13. The van der Waals surface area contributed by atoms with Crippen LogP contribution in [0.2, 0.25) is 0 Å². The Labute approximate surface area is 232 Å². The van der Waals surface area contributed by atoms with Gasteiger partial charge in [0, 0.05) is 39.1 Å². The Hall–Kier alpha value is -3.97. The van der Waals surface area contributed by atoms with Crippen LogP contribution in [0.3, 0.4) is 0 Å². The molecule has 11 nitrogen and oxygen atoms in total. The maximum absolute atomic E-state index is 13.3. The second-order valence-electron chi connectivity index (χ2n) is 8.11. The molecule has 0 N–H and O–H groups in total. The van der Waals surface area contributed by atoms with Crippen molar-refractivity contribution in [1.82, 2.24) is 9.66 Å². The minimum atomic E-state index is -0.586. The fourth-order valence-corrected chi connectivity index (χ4v) is 4.50. The summed E-state index contributed by atoms with van der Waals surface area (Å²) in [6.07, 6.45) is 2.52. The van der Waals surface area contributed by atoms with Gasteiger partial charge in [-0.2, -0.15) is 9.78 Å². The quantitative estimate of drug-likeness (QED) is 0.121. The summed E-state index contributed by atoms with van der Waals surface area (Å²) in [5.41, 5.74) is 0.579. The Balaban J connectivity index is 1.77. The lowest BCUT2D eigenvalue weighted by Crippen LogP contribution is -2.22. The third-order valence-electron chi connectivity index (χ3n) is 5.45. The first-order chi connectivity index (χ1) is 18.2. The van der Waals surface area contributed by atoms with Crippen LogP contribution in [0.15, 0.2) is 73.4 Å². The van der Waals surface area contributed by atoms with E-state index in [0.29, 0.717) is 37.7 Å². The van der Waals surface area contributed by atoms with Crippen molar-refractivity contribution < 1.29 is 14.6 Å². The van der Waals surface area contributed by atoms with E-state index in [4.69, 9.17) is 4.74 Å². The maximum Gasteiger partial charge on any atom is 0.312 e. The van der Waals surface area contributed by atoms with E-state index in [1.54, 1.807) is 24.3 Å². The summed E-state index contributed by atoms with van der Waals surface area (Å²) in [4.78, 5) is 39.5. The Morgan fingerprint density at radius 2 is 1.76 bits per heavy atom. The molecule has 0 aliphatic carbocycles. The van der Waals surface area contributed by atoms with E-state index < -0.39 is 9.85 Å². The summed E-state index contributed by atoms with van der Waals surface area (Å²) in [7, 11) is 0. The molecule has 0 saturated carbocycles. The van der Waals surface area contributed by atoms with Gasteiger partial charge < -0.3 is 4.74 Å². The number of aryl methyl sites for hydroxylation is 1. The topological polar surface area (TPSA) is 143 Å². The van der Waals surface area contributed by atoms with Crippen molar-refractivity contribution in [3.63, 3.8) is 0 Å². The predicted octanol–water partition coefficient (Wildman–Crippen LogP) is 6.15. The van der Waals surface area contributed by atoms with Crippen molar-refractivity contribution in [3.8, 4) is 5.75 Å². The second-order valence-corrected chi connectivity index (χ2v) is 9.94. The number of hydrogen-bond acceptors (Lipinski definition) is 8. The number of rotatable bonds is 9. The summed E-state index contributed by atoms with van der Waals surface area (Å²) in [5, 5.41) is 27.5. The van der Waals surface area contributed by atoms with Crippen LogP contribution >= 0.6 is 31.9 Å². The van der Waals surface area contributed by atoms with Gasteiger partial charge in [0.15, 0.2) is 0 Å². The second kappa shape index (κ2) is 11.6. The minimum Gasteiger partial charge on any atom is -0.481 e. The van der Waals surface area contributed by atoms with Gasteiger partial charge in [0.25, 0.3) is 11.2 Å². The number of aromatic nitrogens is 2. The largest absolute Gasteiger partial charge is 0.481 e. The van der Waals surface area contributed by atoms with Crippen LogP contribution in [-0.4, -0.2) is 25.7 Å². The third-order valence-corrected chi connectivity index (χ3v) is 6.40.